The summed E-state index contributed by atoms with van der Waals surface area (Å²) in [4.78, 5) is 13.0. The molecule has 0 aliphatic carbocycles. The van der Waals surface area contributed by atoms with Crippen LogP contribution >= 0.6 is 22.6 Å². The molecule has 2 aromatic carbocycles. The van der Waals surface area contributed by atoms with Gasteiger partial charge in [0.15, 0.2) is 0 Å². The van der Waals surface area contributed by atoms with Crippen LogP contribution in [-0.2, 0) is 14.8 Å². The summed E-state index contributed by atoms with van der Waals surface area (Å²) in [6.07, 6.45) is 0.765. The van der Waals surface area contributed by atoms with E-state index in [9.17, 15) is 13.2 Å². The zero-order chi connectivity index (χ0) is 21.9. The molecule has 0 heterocycles. The van der Waals surface area contributed by atoms with Crippen LogP contribution in [0.1, 0.15) is 41.0 Å². The molecule has 0 saturated carbocycles. The minimum atomic E-state index is -3.88. The number of hydrogen-bond donors (Lipinski definition) is 1. The summed E-state index contributed by atoms with van der Waals surface area (Å²) in [5.74, 6) is -0.336. The Morgan fingerprint density at radius 3 is 2.03 bits per heavy atom. The first kappa shape index (κ1) is 23.7. The maximum Gasteiger partial charge on any atom is 0.264 e. The molecular weight excluding hydrogens is 499 g/mol. The van der Waals surface area contributed by atoms with E-state index < -0.39 is 15.6 Å². The fourth-order valence-electron chi connectivity index (χ4n) is 3.56. The van der Waals surface area contributed by atoms with E-state index in [4.69, 9.17) is 0 Å². The third-order valence-corrected chi connectivity index (χ3v) is 6.69. The summed E-state index contributed by atoms with van der Waals surface area (Å²) in [5, 5.41) is 3.00. The van der Waals surface area contributed by atoms with E-state index in [0.717, 1.165) is 9.99 Å². The summed E-state index contributed by atoms with van der Waals surface area (Å²) in [7, 11) is -3.88. The number of anilines is 1. The standard InChI is InChI=1S/C22H29IN2O3S/c1-21(2,3)16-22(4,5)24-20(26)15-25(18-13-11-17(23)12-14-18)29(27,28)19-9-7-6-8-10-19/h6-14H,15-16H2,1-5H3,(H,24,26). The van der Waals surface area contributed by atoms with Crippen molar-refractivity contribution in [3.05, 3.63) is 58.2 Å². The van der Waals surface area contributed by atoms with Gasteiger partial charge in [-0.2, -0.15) is 0 Å². The molecular formula is C22H29IN2O3S. The Labute approximate surface area is 188 Å². The Kier molecular flexibility index (Phi) is 7.37. The number of benzene rings is 2. The number of carbonyl (C=O) groups is 1. The van der Waals surface area contributed by atoms with E-state index in [1.165, 1.54) is 16.4 Å². The zero-order valence-corrected chi connectivity index (χ0v) is 20.5. The highest BCUT2D eigenvalue weighted by atomic mass is 127. The van der Waals surface area contributed by atoms with Crippen molar-refractivity contribution < 1.29 is 13.2 Å². The van der Waals surface area contributed by atoms with Gasteiger partial charge in [0.1, 0.15) is 6.54 Å². The van der Waals surface area contributed by atoms with Crippen molar-refractivity contribution in [2.24, 2.45) is 5.41 Å². The third-order valence-electron chi connectivity index (χ3n) is 4.18. The second-order valence-electron chi connectivity index (χ2n) is 8.97. The Balaban J connectivity index is 2.34. The second kappa shape index (κ2) is 9.04. The molecule has 29 heavy (non-hydrogen) atoms. The van der Waals surface area contributed by atoms with Gasteiger partial charge in [0.2, 0.25) is 5.91 Å². The number of nitrogens with zero attached hydrogens (tertiary/aromatic N) is 1. The summed E-state index contributed by atoms with van der Waals surface area (Å²) in [5.41, 5.74) is 0.0322. The predicted octanol–water partition coefficient (Wildman–Crippen LogP) is 4.82. The molecule has 0 aromatic heterocycles. The summed E-state index contributed by atoms with van der Waals surface area (Å²) in [6, 6.07) is 15.3. The van der Waals surface area contributed by atoms with E-state index in [1.54, 1.807) is 30.3 Å². The van der Waals surface area contributed by atoms with Crippen molar-refractivity contribution in [2.45, 2.75) is 51.5 Å². The highest BCUT2D eigenvalue weighted by molar-refractivity contribution is 14.1. The Bertz CT molecular complexity index is 934. The van der Waals surface area contributed by atoms with E-state index in [-0.39, 0.29) is 22.8 Å². The first-order valence-electron chi connectivity index (χ1n) is 9.45. The van der Waals surface area contributed by atoms with Crippen molar-refractivity contribution in [1.82, 2.24) is 5.32 Å². The highest BCUT2D eigenvalue weighted by Gasteiger charge is 2.31. The van der Waals surface area contributed by atoms with Gasteiger partial charge in [0.05, 0.1) is 10.6 Å². The molecule has 0 spiro atoms. The van der Waals surface area contributed by atoms with E-state index in [0.29, 0.717) is 5.69 Å². The van der Waals surface area contributed by atoms with Crippen LogP contribution in [0.5, 0.6) is 0 Å². The minimum Gasteiger partial charge on any atom is -0.350 e. The number of halogens is 1. The number of hydrogen-bond acceptors (Lipinski definition) is 3. The van der Waals surface area contributed by atoms with Crippen LogP contribution in [0.2, 0.25) is 0 Å². The highest BCUT2D eigenvalue weighted by Crippen LogP contribution is 2.28. The molecule has 0 fully saturated rings. The van der Waals surface area contributed by atoms with E-state index >= 15 is 0 Å². The molecule has 2 aromatic rings. The molecule has 158 valence electrons. The minimum absolute atomic E-state index is 0.0305. The molecule has 0 radical (unpaired) electrons. The first-order valence-corrected chi connectivity index (χ1v) is 12.0. The monoisotopic (exact) mass is 528 g/mol. The van der Waals surface area contributed by atoms with Crippen molar-refractivity contribution in [1.29, 1.82) is 0 Å². The quantitative estimate of drug-likeness (QED) is 0.525. The van der Waals surface area contributed by atoms with E-state index in [1.807, 2.05) is 26.0 Å². The fraction of sp³-hybridized carbons (Fsp3) is 0.409. The van der Waals surface area contributed by atoms with Crippen molar-refractivity contribution in [3.63, 3.8) is 0 Å². The van der Waals surface area contributed by atoms with Crippen LogP contribution in [0.3, 0.4) is 0 Å². The molecule has 1 amide bonds. The molecule has 1 N–H and O–H groups in total. The van der Waals surface area contributed by atoms with Gasteiger partial charge in [0, 0.05) is 9.11 Å². The molecule has 0 aliphatic rings. The number of amides is 1. The molecule has 7 heteroatoms. The van der Waals surface area contributed by atoms with Gasteiger partial charge in [0.25, 0.3) is 10.0 Å². The second-order valence-corrected chi connectivity index (χ2v) is 12.1. The molecule has 0 saturated heterocycles. The van der Waals surface area contributed by atoms with Crippen molar-refractivity contribution in [3.8, 4) is 0 Å². The Morgan fingerprint density at radius 2 is 1.52 bits per heavy atom. The normalized spacial score (nSPS) is 12.5. The van der Waals surface area contributed by atoms with Gasteiger partial charge >= 0.3 is 0 Å². The number of sulfonamides is 1. The van der Waals surface area contributed by atoms with Gasteiger partial charge < -0.3 is 5.32 Å². The lowest BCUT2D eigenvalue weighted by Crippen LogP contribution is -2.50. The smallest absolute Gasteiger partial charge is 0.264 e. The summed E-state index contributed by atoms with van der Waals surface area (Å²) >= 11 is 2.16. The van der Waals surface area contributed by atoms with Gasteiger partial charge in [-0.05, 0) is 84.7 Å². The van der Waals surface area contributed by atoms with Gasteiger partial charge in [-0.1, -0.05) is 39.0 Å². The lowest BCUT2D eigenvalue weighted by atomic mass is 9.82. The summed E-state index contributed by atoms with van der Waals surface area (Å²) in [6.45, 7) is 9.95. The van der Waals surface area contributed by atoms with E-state index in [2.05, 4.69) is 48.7 Å². The first-order chi connectivity index (χ1) is 13.3. The van der Waals surface area contributed by atoms with Crippen LogP contribution in [0.4, 0.5) is 5.69 Å². The van der Waals surface area contributed by atoms with Gasteiger partial charge in [-0.25, -0.2) is 8.42 Å². The molecule has 2 rings (SSSR count). The number of rotatable bonds is 7. The molecule has 0 atom stereocenters. The Morgan fingerprint density at radius 1 is 0.966 bits per heavy atom. The number of carbonyl (C=O) groups excluding carboxylic acids is 1. The Hall–Kier alpha value is -1.61. The fourth-order valence-corrected chi connectivity index (χ4v) is 5.36. The van der Waals surface area contributed by atoms with Crippen LogP contribution < -0.4 is 9.62 Å². The topological polar surface area (TPSA) is 66.5 Å². The predicted molar refractivity (Wildman–Crippen MR) is 126 cm³/mol. The van der Waals surface area contributed by atoms with Crippen molar-refractivity contribution >= 4 is 44.2 Å². The largest absolute Gasteiger partial charge is 0.350 e. The van der Waals surface area contributed by atoms with Crippen molar-refractivity contribution in [2.75, 3.05) is 10.8 Å². The third kappa shape index (κ3) is 6.99. The lowest BCUT2D eigenvalue weighted by molar-refractivity contribution is -0.121. The van der Waals surface area contributed by atoms with Crippen LogP contribution in [-0.4, -0.2) is 26.4 Å². The number of nitrogens with one attached hydrogen (secondary N) is 1. The molecule has 0 unspecified atom stereocenters. The lowest BCUT2D eigenvalue weighted by Gasteiger charge is -2.34. The SMILES string of the molecule is CC(C)(C)CC(C)(C)NC(=O)CN(c1ccc(I)cc1)S(=O)(=O)c1ccccc1. The molecule has 5 nitrogen and oxygen atoms in total. The van der Waals surface area contributed by atoms with Crippen LogP contribution in [0.15, 0.2) is 59.5 Å². The van der Waals surface area contributed by atoms with Crippen LogP contribution in [0.25, 0.3) is 0 Å². The zero-order valence-electron chi connectivity index (χ0n) is 17.6. The van der Waals surface area contributed by atoms with Gasteiger partial charge in [-0.15, -0.1) is 0 Å². The molecule has 0 aliphatic heterocycles. The average Bonchev–Trinajstić information content (AvgIpc) is 2.58. The summed E-state index contributed by atoms with van der Waals surface area (Å²) < 4.78 is 28.7. The molecule has 0 bridgehead atoms. The average molecular weight is 528 g/mol. The maximum absolute atomic E-state index is 13.3. The van der Waals surface area contributed by atoms with Crippen LogP contribution in [0, 0.1) is 8.99 Å². The maximum atomic E-state index is 13.3. The van der Waals surface area contributed by atoms with Gasteiger partial charge in [-0.3, -0.25) is 9.10 Å².